The number of rotatable bonds is 4. The van der Waals surface area contributed by atoms with Crippen LogP contribution in [0.25, 0.3) is 0 Å². The van der Waals surface area contributed by atoms with E-state index in [2.05, 4.69) is 23.3 Å². The van der Waals surface area contributed by atoms with Gasteiger partial charge in [0.1, 0.15) is 0 Å². The molecule has 1 fully saturated rings. The SMILES string of the molecule is CC1(OCCc2cccnc2)CCCNC1. The summed E-state index contributed by atoms with van der Waals surface area (Å²) in [7, 11) is 0. The second kappa shape index (κ2) is 5.41. The number of ether oxygens (including phenoxy) is 1. The molecule has 3 heteroatoms. The van der Waals surface area contributed by atoms with E-state index in [0.29, 0.717) is 0 Å². The smallest absolute Gasteiger partial charge is 0.0778 e. The first-order valence-electron chi connectivity index (χ1n) is 6.02. The summed E-state index contributed by atoms with van der Waals surface area (Å²) in [5.41, 5.74) is 1.27. The van der Waals surface area contributed by atoms with E-state index in [1.54, 1.807) is 6.20 Å². The molecule has 0 spiro atoms. The summed E-state index contributed by atoms with van der Waals surface area (Å²) in [5, 5.41) is 3.39. The lowest BCUT2D eigenvalue weighted by atomic mass is 9.96. The van der Waals surface area contributed by atoms with Crippen molar-refractivity contribution in [3.63, 3.8) is 0 Å². The van der Waals surface area contributed by atoms with Crippen LogP contribution >= 0.6 is 0 Å². The van der Waals surface area contributed by atoms with E-state index in [9.17, 15) is 0 Å². The van der Waals surface area contributed by atoms with Crippen molar-refractivity contribution >= 4 is 0 Å². The van der Waals surface area contributed by atoms with E-state index in [1.165, 1.54) is 12.0 Å². The zero-order valence-electron chi connectivity index (χ0n) is 9.91. The third kappa shape index (κ3) is 3.29. The molecule has 2 rings (SSSR count). The summed E-state index contributed by atoms with van der Waals surface area (Å²) < 4.78 is 5.98. The Morgan fingerprint density at radius 1 is 1.56 bits per heavy atom. The van der Waals surface area contributed by atoms with Crippen molar-refractivity contribution in [2.24, 2.45) is 0 Å². The monoisotopic (exact) mass is 220 g/mol. The number of nitrogens with zero attached hydrogens (tertiary/aromatic N) is 1. The van der Waals surface area contributed by atoms with E-state index in [1.807, 2.05) is 12.3 Å². The molecule has 1 N–H and O–H groups in total. The molecule has 88 valence electrons. The molecule has 0 amide bonds. The van der Waals surface area contributed by atoms with Gasteiger partial charge in [-0.05, 0) is 44.4 Å². The third-order valence-electron chi connectivity index (χ3n) is 3.12. The Labute approximate surface area is 97.2 Å². The lowest BCUT2D eigenvalue weighted by molar-refractivity contribution is -0.0450. The van der Waals surface area contributed by atoms with Crippen LogP contribution in [0.5, 0.6) is 0 Å². The maximum atomic E-state index is 5.98. The van der Waals surface area contributed by atoms with Crippen LogP contribution in [0.1, 0.15) is 25.3 Å². The molecule has 0 saturated carbocycles. The molecule has 1 aromatic rings. The zero-order chi connectivity index (χ0) is 11.3. The molecule has 1 saturated heterocycles. The molecule has 0 radical (unpaired) electrons. The quantitative estimate of drug-likeness (QED) is 0.840. The van der Waals surface area contributed by atoms with E-state index in [0.717, 1.165) is 32.5 Å². The molecule has 16 heavy (non-hydrogen) atoms. The van der Waals surface area contributed by atoms with Gasteiger partial charge >= 0.3 is 0 Å². The number of hydrogen-bond donors (Lipinski definition) is 1. The molecular weight excluding hydrogens is 200 g/mol. The summed E-state index contributed by atoms with van der Waals surface area (Å²) in [6, 6.07) is 4.07. The summed E-state index contributed by atoms with van der Waals surface area (Å²) >= 11 is 0. The normalized spacial score (nSPS) is 25.6. The van der Waals surface area contributed by atoms with Crippen molar-refractivity contribution in [2.45, 2.75) is 31.8 Å². The number of aromatic nitrogens is 1. The maximum Gasteiger partial charge on any atom is 0.0778 e. The van der Waals surface area contributed by atoms with E-state index in [-0.39, 0.29) is 5.60 Å². The molecule has 1 aliphatic heterocycles. The molecule has 2 heterocycles. The van der Waals surface area contributed by atoms with Gasteiger partial charge in [0.25, 0.3) is 0 Å². The first-order chi connectivity index (χ1) is 7.79. The Bertz CT molecular complexity index is 307. The van der Waals surface area contributed by atoms with Gasteiger partial charge in [0.05, 0.1) is 12.2 Å². The van der Waals surface area contributed by atoms with E-state index < -0.39 is 0 Å². The van der Waals surface area contributed by atoms with Gasteiger partial charge in [-0.2, -0.15) is 0 Å². The van der Waals surface area contributed by atoms with Crippen LogP contribution in [0, 0.1) is 0 Å². The van der Waals surface area contributed by atoms with Crippen LogP contribution in [-0.2, 0) is 11.2 Å². The molecule has 0 bridgehead atoms. The van der Waals surface area contributed by atoms with Crippen LogP contribution in [0.4, 0.5) is 0 Å². The van der Waals surface area contributed by atoms with Gasteiger partial charge in [0.15, 0.2) is 0 Å². The molecule has 0 aliphatic carbocycles. The average molecular weight is 220 g/mol. The molecule has 0 aromatic carbocycles. The van der Waals surface area contributed by atoms with Gasteiger partial charge in [-0.25, -0.2) is 0 Å². The highest BCUT2D eigenvalue weighted by atomic mass is 16.5. The van der Waals surface area contributed by atoms with Crippen LogP contribution in [0.3, 0.4) is 0 Å². The fourth-order valence-electron chi connectivity index (χ4n) is 2.11. The fourth-order valence-corrected chi connectivity index (χ4v) is 2.11. The van der Waals surface area contributed by atoms with Gasteiger partial charge < -0.3 is 10.1 Å². The van der Waals surface area contributed by atoms with E-state index in [4.69, 9.17) is 4.74 Å². The average Bonchev–Trinajstić information content (AvgIpc) is 2.31. The molecular formula is C13H20N2O. The summed E-state index contributed by atoms with van der Waals surface area (Å²) in [6.45, 7) is 5.08. The van der Waals surface area contributed by atoms with Crippen LogP contribution in [0.15, 0.2) is 24.5 Å². The molecule has 3 nitrogen and oxygen atoms in total. The second-order valence-corrected chi connectivity index (χ2v) is 4.69. The third-order valence-corrected chi connectivity index (χ3v) is 3.12. The van der Waals surface area contributed by atoms with Gasteiger partial charge in [-0.1, -0.05) is 6.07 Å². The Morgan fingerprint density at radius 2 is 2.50 bits per heavy atom. The topological polar surface area (TPSA) is 34.1 Å². The number of hydrogen-bond acceptors (Lipinski definition) is 3. The van der Waals surface area contributed by atoms with Crippen LogP contribution in [-0.4, -0.2) is 30.3 Å². The van der Waals surface area contributed by atoms with Crippen molar-refractivity contribution < 1.29 is 4.74 Å². The summed E-state index contributed by atoms with van der Waals surface area (Å²) in [6.07, 6.45) is 7.03. The van der Waals surface area contributed by atoms with E-state index >= 15 is 0 Å². The predicted octanol–water partition coefficient (Wildman–Crippen LogP) is 1.78. The lowest BCUT2D eigenvalue weighted by Crippen LogP contribution is -2.45. The number of nitrogens with one attached hydrogen (secondary N) is 1. The number of pyridine rings is 1. The standard InChI is InChI=1S/C13H20N2O/c1-13(6-3-8-15-11-13)16-9-5-12-4-2-7-14-10-12/h2,4,7,10,15H,3,5-6,8-9,11H2,1H3. The molecule has 1 unspecified atom stereocenters. The highest BCUT2D eigenvalue weighted by Gasteiger charge is 2.26. The van der Waals surface area contributed by atoms with Crippen molar-refractivity contribution in [3.8, 4) is 0 Å². The molecule has 1 aromatic heterocycles. The van der Waals surface area contributed by atoms with Crippen LogP contribution in [0.2, 0.25) is 0 Å². The van der Waals surface area contributed by atoms with Crippen molar-refractivity contribution in [2.75, 3.05) is 19.7 Å². The van der Waals surface area contributed by atoms with Crippen molar-refractivity contribution in [3.05, 3.63) is 30.1 Å². The zero-order valence-corrected chi connectivity index (χ0v) is 9.91. The van der Waals surface area contributed by atoms with Gasteiger partial charge in [0.2, 0.25) is 0 Å². The molecule has 1 aliphatic rings. The highest BCUT2D eigenvalue weighted by molar-refractivity contribution is 5.08. The predicted molar refractivity (Wildman–Crippen MR) is 64.4 cm³/mol. The molecule has 1 atom stereocenters. The van der Waals surface area contributed by atoms with Gasteiger partial charge in [-0.15, -0.1) is 0 Å². The Balaban J connectivity index is 1.75. The van der Waals surface area contributed by atoms with Crippen molar-refractivity contribution in [1.29, 1.82) is 0 Å². The lowest BCUT2D eigenvalue weighted by Gasteiger charge is -2.34. The Hall–Kier alpha value is -0.930. The highest BCUT2D eigenvalue weighted by Crippen LogP contribution is 2.20. The Morgan fingerprint density at radius 3 is 3.19 bits per heavy atom. The Kier molecular flexibility index (Phi) is 3.91. The van der Waals surface area contributed by atoms with Gasteiger partial charge in [0, 0.05) is 18.9 Å². The fraction of sp³-hybridized carbons (Fsp3) is 0.615. The second-order valence-electron chi connectivity index (χ2n) is 4.69. The number of piperidine rings is 1. The summed E-state index contributed by atoms with van der Waals surface area (Å²) in [5.74, 6) is 0. The minimum absolute atomic E-state index is 0.0282. The largest absolute Gasteiger partial charge is 0.374 e. The van der Waals surface area contributed by atoms with Crippen LogP contribution < -0.4 is 5.32 Å². The van der Waals surface area contributed by atoms with Gasteiger partial charge in [-0.3, -0.25) is 4.98 Å². The van der Waals surface area contributed by atoms with Crippen molar-refractivity contribution in [1.82, 2.24) is 10.3 Å². The first kappa shape index (κ1) is 11.6. The summed E-state index contributed by atoms with van der Waals surface area (Å²) in [4.78, 5) is 4.10. The minimum atomic E-state index is 0.0282. The minimum Gasteiger partial charge on any atom is -0.374 e. The maximum absolute atomic E-state index is 5.98. The first-order valence-corrected chi connectivity index (χ1v) is 6.02.